The summed E-state index contributed by atoms with van der Waals surface area (Å²) in [5.74, 6) is 0.885. The topological polar surface area (TPSA) is 52.6 Å². The molecule has 136 valence electrons. The summed E-state index contributed by atoms with van der Waals surface area (Å²) >= 11 is 0. The van der Waals surface area contributed by atoms with Crippen molar-refractivity contribution in [2.24, 2.45) is 0 Å². The fraction of sp³-hybridized carbons (Fsp3) is 0.450. The molecular formula is C20H25N5O. The molecule has 2 aliphatic heterocycles. The van der Waals surface area contributed by atoms with Crippen molar-refractivity contribution in [2.75, 3.05) is 49.1 Å². The van der Waals surface area contributed by atoms with E-state index in [9.17, 15) is 4.79 Å². The molecule has 1 aromatic carbocycles. The van der Waals surface area contributed by atoms with Crippen molar-refractivity contribution >= 4 is 17.4 Å². The first kappa shape index (κ1) is 16.8. The third kappa shape index (κ3) is 3.49. The van der Waals surface area contributed by atoms with Crippen molar-refractivity contribution in [1.29, 1.82) is 0 Å². The number of hydrogen-bond acceptors (Lipinski definition) is 5. The number of piperazine rings is 1. The number of likely N-dealkylation sites (tertiary alicyclic amines) is 1. The van der Waals surface area contributed by atoms with Gasteiger partial charge in [0.25, 0.3) is 5.91 Å². The largest absolute Gasteiger partial charge is 0.368 e. The van der Waals surface area contributed by atoms with Gasteiger partial charge in [0, 0.05) is 51.0 Å². The maximum absolute atomic E-state index is 12.6. The van der Waals surface area contributed by atoms with Crippen molar-refractivity contribution in [2.45, 2.75) is 19.8 Å². The quantitative estimate of drug-likeness (QED) is 0.850. The smallest absolute Gasteiger partial charge is 0.272 e. The van der Waals surface area contributed by atoms with Crippen molar-refractivity contribution in [3.63, 3.8) is 0 Å². The van der Waals surface area contributed by atoms with Crippen molar-refractivity contribution in [3.8, 4) is 0 Å². The third-order valence-electron chi connectivity index (χ3n) is 5.24. The van der Waals surface area contributed by atoms with E-state index in [4.69, 9.17) is 0 Å². The summed E-state index contributed by atoms with van der Waals surface area (Å²) in [4.78, 5) is 27.7. The SMILES string of the molecule is Cc1cccc(N2CCN(c3cc(C(=O)N4CCCC4)ncn3)CC2)c1. The summed E-state index contributed by atoms with van der Waals surface area (Å²) in [5.41, 5.74) is 3.07. The zero-order valence-electron chi connectivity index (χ0n) is 15.3. The van der Waals surface area contributed by atoms with Crippen LogP contribution < -0.4 is 9.80 Å². The Bertz CT molecular complexity index is 779. The molecule has 4 rings (SSSR count). The second kappa shape index (κ2) is 7.32. The highest BCUT2D eigenvalue weighted by molar-refractivity contribution is 5.93. The van der Waals surface area contributed by atoms with Crippen molar-refractivity contribution < 1.29 is 4.79 Å². The molecule has 0 spiro atoms. The van der Waals surface area contributed by atoms with Crippen molar-refractivity contribution in [3.05, 3.63) is 47.9 Å². The molecule has 6 nitrogen and oxygen atoms in total. The average Bonchev–Trinajstić information content (AvgIpc) is 3.22. The Hall–Kier alpha value is -2.63. The van der Waals surface area contributed by atoms with Crippen LogP contribution in [0.25, 0.3) is 0 Å². The molecule has 0 N–H and O–H groups in total. The van der Waals surface area contributed by atoms with E-state index in [2.05, 4.69) is 51.0 Å². The standard InChI is InChI=1S/C20H25N5O/c1-16-5-4-6-17(13-16)23-9-11-24(12-10-23)19-14-18(21-15-22-19)20(26)25-7-2-3-8-25/h4-6,13-15H,2-3,7-12H2,1H3. The molecule has 2 fully saturated rings. The third-order valence-corrected chi connectivity index (χ3v) is 5.24. The van der Waals surface area contributed by atoms with Crippen LogP contribution >= 0.6 is 0 Å². The number of aromatic nitrogens is 2. The normalized spacial score (nSPS) is 17.7. The molecule has 6 heteroatoms. The van der Waals surface area contributed by atoms with Gasteiger partial charge in [-0.25, -0.2) is 9.97 Å². The molecule has 0 unspecified atom stereocenters. The van der Waals surface area contributed by atoms with Gasteiger partial charge in [-0.3, -0.25) is 4.79 Å². The van der Waals surface area contributed by atoms with Gasteiger partial charge < -0.3 is 14.7 Å². The Morgan fingerprint density at radius 1 is 0.923 bits per heavy atom. The minimum absolute atomic E-state index is 0.0320. The monoisotopic (exact) mass is 351 g/mol. The van der Waals surface area contributed by atoms with E-state index in [1.165, 1.54) is 17.6 Å². The van der Waals surface area contributed by atoms with Gasteiger partial charge in [0.1, 0.15) is 17.8 Å². The summed E-state index contributed by atoms with van der Waals surface area (Å²) in [6, 6.07) is 10.5. The lowest BCUT2D eigenvalue weighted by molar-refractivity contribution is 0.0787. The Balaban J connectivity index is 1.43. The molecule has 0 bridgehead atoms. The maximum atomic E-state index is 12.6. The summed E-state index contributed by atoms with van der Waals surface area (Å²) in [5, 5.41) is 0. The Labute approximate surface area is 154 Å². The number of rotatable bonds is 3. The molecule has 1 amide bonds. The summed E-state index contributed by atoms with van der Waals surface area (Å²) in [6.45, 7) is 7.48. The summed E-state index contributed by atoms with van der Waals surface area (Å²) < 4.78 is 0. The number of benzene rings is 1. The van der Waals surface area contributed by atoms with Gasteiger partial charge in [-0.05, 0) is 37.5 Å². The highest BCUT2D eigenvalue weighted by Crippen LogP contribution is 2.21. The average molecular weight is 351 g/mol. The molecule has 2 aliphatic rings. The zero-order valence-corrected chi connectivity index (χ0v) is 15.3. The number of aryl methyl sites for hydroxylation is 1. The lowest BCUT2D eigenvalue weighted by atomic mass is 10.2. The molecule has 1 aromatic heterocycles. The van der Waals surface area contributed by atoms with Crippen LogP contribution in [0.5, 0.6) is 0 Å². The summed E-state index contributed by atoms with van der Waals surface area (Å²) in [6.07, 6.45) is 3.70. The van der Waals surface area contributed by atoms with Gasteiger partial charge in [0.2, 0.25) is 0 Å². The fourth-order valence-corrected chi connectivity index (χ4v) is 3.74. The highest BCUT2D eigenvalue weighted by Gasteiger charge is 2.23. The second-order valence-corrected chi connectivity index (χ2v) is 7.07. The molecule has 2 saturated heterocycles. The molecule has 0 atom stereocenters. The molecular weight excluding hydrogens is 326 g/mol. The second-order valence-electron chi connectivity index (χ2n) is 7.07. The summed E-state index contributed by atoms with van der Waals surface area (Å²) in [7, 11) is 0. The first-order chi connectivity index (χ1) is 12.7. The van der Waals surface area contributed by atoms with Gasteiger partial charge in [0.15, 0.2) is 0 Å². The minimum Gasteiger partial charge on any atom is -0.368 e. The minimum atomic E-state index is 0.0320. The Morgan fingerprint density at radius 3 is 2.38 bits per heavy atom. The number of anilines is 2. The number of hydrogen-bond donors (Lipinski definition) is 0. The fourth-order valence-electron chi connectivity index (χ4n) is 3.74. The molecule has 0 saturated carbocycles. The predicted molar refractivity (Wildman–Crippen MR) is 103 cm³/mol. The number of amides is 1. The van der Waals surface area contributed by atoms with Gasteiger partial charge in [-0.2, -0.15) is 0 Å². The van der Waals surface area contributed by atoms with Gasteiger partial charge in [0.05, 0.1) is 0 Å². The van der Waals surface area contributed by atoms with E-state index in [-0.39, 0.29) is 5.91 Å². The Morgan fingerprint density at radius 2 is 1.65 bits per heavy atom. The molecule has 0 aliphatic carbocycles. The Kier molecular flexibility index (Phi) is 4.73. The van der Waals surface area contributed by atoms with Crippen LogP contribution in [0.1, 0.15) is 28.9 Å². The number of carbonyl (C=O) groups excluding carboxylic acids is 1. The highest BCUT2D eigenvalue weighted by atomic mass is 16.2. The predicted octanol–water partition coefficient (Wildman–Crippen LogP) is 2.35. The van der Waals surface area contributed by atoms with Gasteiger partial charge in [-0.1, -0.05) is 12.1 Å². The lowest BCUT2D eigenvalue weighted by Crippen LogP contribution is -2.47. The number of carbonyl (C=O) groups is 1. The van der Waals surface area contributed by atoms with Crippen LogP contribution in [0.4, 0.5) is 11.5 Å². The van der Waals surface area contributed by atoms with Crippen LogP contribution in [-0.2, 0) is 0 Å². The lowest BCUT2D eigenvalue weighted by Gasteiger charge is -2.36. The van der Waals surface area contributed by atoms with E-state index in [0.29, 0.717) is 5.69 Å². The molecule has 2 aromatic rings. The van der Waals surface area contributed by atoms with E-state index in [1.54, 1.807) is 0 Å². The first-order valence-electron chi connectivity index (χ1n) is 9.38. The molecule has 26 heavy (non-hydrogen) atoms. The number of nitrogens with zero attached hydrogens (tertiary/aromatic N) is 5. The maximum Gasteiger partial charge on any atom is 0.272 e. The first-order valence-corrected chi connectivity index (χ1v) is 9.38. The van der Waals surface area contributed by atoms with Crippen LogP contribution in [0, 0.1) is 6.92 Å². The van der Waals surface area contributed by atoms with Crippen LogP contribution in [0.2, 0.25) is 0 Å². The van der Waals surface area contributed by atoms with Gasteiger partial charge >= 0.3 is 0 Å². The van der Waals surface area contributed by atoms with E-state index >= 15 is 0 Å². The van der Waals surface area contributed by atoms with E-state index < -0.39 is 0 Å². The van der Waals surface area contributed by atoms with Crippen LogP contribution in [0.3, 0.4) is 0 Å². The van der Waals surface area contributed by atoms with E-state index in [0.717, 1.165) is 57.9 Å². The van der Waals surface area contributed by atoms with Crippen molar-refractivity contribution in [1.82, 2.24) is 14.9 Å². The molecule has 3 heterocycles. The van der Waals surface area contributed by atoms with Crippen LogP contribution in [-0.4, -0.2) is 60.0 Å². The zero-order chi connectivity index (χ0) is 17.9. The van der Waals surface area contributed by atoms with Crippen LogP contribution in [0.15, 0.2) is 36.7 Å². The van der Waals surface area contributed by atoms with E-state index in [1.807, 2.05) is 11.0 Å². The van der Waals surface area contributed by atoms with Gasteiger partial charge in [-0.15, -0.1) is 0 Å². The molecule has 0 radical (unpaired) electrons.